The van der Waals surface area contributed by atoms with E-state index in [0.717, 1.165) is 17.4 Å². The predicted molar refractivity (Wildman–Crippen MR) is 96.3 cm³/mol. The molecule has 2 heterocycles. The summed E-state index contributed by atoms with van der Waals surface area (Å²) in [5.41, 5.74) is -1.44. The van der Waals surface area contributed by atoms with E-state index in [4.69, 9.17) is 4.74 Å². The number of amides is 1. The number of aryl methyl sites for hydroxylation is 1. The van der Waals surface area contributed by atoms with Crippen LogP contribution in [0.2, 0.25) is 0 Å². The van der Waals surface area contributed by atoms with E-state index in [0.29, 0.717) is 22.5 Å². The number of rotatable bonds is 6. The molecule has 2 aromatic heterocycles. The highest BCUT2D eigenvalue weighted by Crippen LogP contribution is 2.28. The van der Waals surface area contributed by atoms with Crippen LogP contribution in [0, 0.1) is 12.8 Å². The van der Waals surface area contributed by atoms with Crippen LogP contribution in [0.3, 0.4) is 0 Å². The molecular weight excluding hydrogens is 399 g/mol. The van der Waals surface area contributed by atoms with E-state index in [-0.39, 0.29) is 22.5 Å². The first kappa shape index (κ1) is 21.6. The van der Waals surface area contributed by atoms with Crippen molar-refractivity contribution in [2.24, 2.45) is 5.92 Å². The first-order valence-corrected chi connectivity index (χ1v) is 9.01. The third-order valence-corrected chi connectivity index (χ3v) is 4.45. The minimum Gasteiger partial charge on any atom is -0.461 e. The standard InChI is InChI=1S/C17H18F3N3O4S/c1-9(2)8-27-15(26)14-10(3)21-16(28-14)22-12(24)7-23-6-11(17(18,19)20)4-5-13(23)25/h4-6,9H,7-8H2,1-3H3,(H,21,22,24). The number of hydrogen-bond acceptors (Lipinski definition) is 6. The Morgan fingerprint density at radius 3 is 2.61 bits per heavy atom. The summed E-state index contributed by atoms with van der Waals surface area (Å²) in [5, 5.41) is 2.46. The van der Waals surface area contributed by atoms with Gasteiger partial charge in [0.2, 0.25) is 5.91 Å². The number of anilines is 1. The molecule has 0 atom stereocenters. The van der Waals surface area contributed by atoms with Crippen molar-refractivity contribution in [3.05, 3.63) is 44.8 Å². The quantitative estimate of drug-likeness (QED) is 0.730. The zero-order valence-corrected chi connectivity index (χ0v) is 16.1. The number of ether oxygens (including phenoxy) is 1. The van der Waals surface area contributed by atoms with Crippen LogP contribution in [0.25, 0.3) is 0 Å². The minimum absolute atomic E-state index is 0.0824. The van der Waals surface area contributed by atoms with Gasteiger partial charge in [0.05, 0.1) is 17.9 Å². The molecule has 0 spiro atoms. The maximum atomic E-state index is 12.8. The fraction of sp³-hybridized carbons (Fsp3) is 0.412. The highest BCUT2D eigenvalue weighted by Gasteiger charge is 2.31. The summed E-state index contributed by atoms with van der Waals surface area (Å²) in [5.74, 6) is -1.17. The second-order valence-corrected chi connectivity index (χ2v) is 7.35. The Morgan fingerprint density at radius 1 is 1.32 bits per heavy atom. The lowest BCUT2D eigenvalue weighted by Crippen LogP contribution is -2.28. The number of nitrogens with one attached hydrogen (secondary N) is 1. The van der Waals surface area contributed by atoms with E-state index in [1.165, 1.54) is 0 Å². The van der Waals surface area contributed by atoms with Crippen molar-refractivity contribution in [3.8, 4) is 0 Å². The summed E-state index contributed by atoms with van der Waals surface area (Å²) < 4.78 is 44.0. The summed E-state index contributed by atoms with van der Waals surface area (Å²) in [6.45, 7) is 4.93. The molecule has 0 aliphatic carbocycles. The highest BCUT2D eigenvalue weighted by molar-refractivity contribution is 7.17. The summed E-state index contributed by atoms with van der Waals surface area (Å²) >= 11 is 0.885. The first-order valence-electron chi connectivity index (χ1n) is 8.19. The van der Waals surface area contributed by atoms with Crippen LogP contribution in [0.4, 0.5) is 18.3 Å². The Morgan fingerprint density at radius 2 is 2.00 bits per heavy atom. The molecule has 0 aliphatic rings. The minimum atomic E-state index is -4.64. The van der Waals surface area contributed by atoms with Crippen molar-refractivity contribution in [3.63, 3.8) is 0 Å². The lowest BCUT2D eigenvalue weighted by molar-refractivity contribution is -0.138. The van der Waals surface area contributed by atoms with Gasteiger partial charge < -0.3 is 14.6 Å². The van der Waals surface area contributed by atoms with Gasteiger partial charge in [-0.3, -0.25) is 9.59 Å². The monoisotopic (exact) mass is 417 g/mol. The number of pyridine rings is 1. The zero-order valence-electron chi connectivity index (χ0n) is 15.3. The average Bonchev–Trinajstić information content (AvgIpc) is 2.93. The van der Waals surface area contributed by atoms with E-state index >= 15 is 0 Å². The Kier molecular flexibility index (Phi) is 6.60. The normalized spacial score (nSPS) is 11.5. The van der Waals surface area contributed by atoms with Crippen molar-refractivity contribution >= 4 is 28.3 Å². The predicted octanol–water partition coefficient (Wildman–Crippen LogP) is 3.08. The fourth-order valence-electron chi connectivity index (χ4n) is 2.08. The molecule has 2 rings (SSSR count). The van der Waals surface area contributed by atoms with Gasteiger partial charge in [-0.05, 0) is 18.9 Å². The lowest BCUT2D eigenvalue weighted by Gasteiger charge is -2.10. The molecule has 0 unspecified atom stereocenters. The molecule has 0 bridgehead atoms. The molecule has 0 aliphatic heterocycles. The van der Waals surface area contributed by atoms with E-state index < -0.39 is 35.7 Å². The van der Waals surface area contributed by atoms with Crippen LogP contribution < -0.4 is 10.9 Å². The topological polar surface area (TPSA) is 90.3 Å². The molecule has 0 radical (unpaired) electrons. The number of aromatic nitrogens is 2. The average molecular weight is 417 g/mol. The second kappa shape index (κ2) is 8.55. The van der Waals surface area contributed by atoms with Crippen LogP contribution in [-0.4, -0.2) is 28.0 Å². The Bertz CT molecular complexity index is 934. The Labute approximate surface area is 162 Å². The van der Waals surface area contributed by atoms with Crippen LogP contribution in [0.1, 0.15) is 34.8 Å². The Balaban J connectivity index is 2.09. The molecule has 1 N–H and O–H groups in total. The summed E-state index contributed by atoms with van der Waals surface area (Å²) in [4.78, 5) is 40.1. The summed E-state index contributed by atoms with van der Waals surface area (Å²) in [6.07, 6.45) is -4.06. The van der Waals surface area contributed by atoms with Crippen molar-refractivity contribution in [2.75, 3.05) is 11.9 Å². The summed E-state index contributed by atoms with van der Waals surface area (Å²) in [6, 6.07) is 1.39. The number of halogens is 3. The van der Waals surface area contributed by atoms with Crippen molar-refractivity contribution < 1.29 is 27.5 Å². The van der Waals surface area contributed by atoms with Crippen LogP contribution in [0.15, 0.2) is 23.1 Å². The third kappa shape index (κ3) is 5.65. The molecule has 7 nitrogen and oxygen atoms in total. The maximum absolute atomic E-state index is 12.8. The fourth-order valence-corrected chi connectivity index (χ4v) is 2.96. The SMILES string of the molecule is Cc1nc(NC(=O)Cn2cc(C(F)(F)F)ccc2=O)sc1C(=O)OCC(C)C. The Hall–Kier alpha value is -2.69. The van der Waals surface area contributed by atoms with E-state index in [1.54, 1.807) is 6.92 Å². The lowest BCUT2D eigenvalue weighted by atomic mass is 10.2. The molecule has 1 amide bonds. The van der Waals surface area contributed by atoms with Crippen molar-refractivity contribution in [2.45, 2.75) is 33.5 Å². The van der Waals surface area contributed by atoms with Gasteiger partial charge in [-0.1, -0.05) is 25.2 Å². The van der Waals surface area contributed by atoms with Crippen molar-refractivity contribution in [1.82, 2.24) is 9.55 Å². The summed E-state index contributed by atoms with van der Waals surface area (Å²) in [7, 11) is 0. The molecule has 0 fully saturated rings. The number of nitrogens with zero attached hydrogens (tertiary/aromatic N) is 2. The highest BCUT2D eigenvalue weighted by atomic mass is 32.1. The van der Waals surface area contributed by atoms with Crippen LogP contribution in [-0.2, 0) is 22.3 Å². The van der Waals surface area contributed by atoms with Gasteiger partial charge in [0, 0.05) is 12.3 Å². The number of alkyl halides is 3. The molecular formula is C17H18F3N3O4S. The van der Waals surface area contributed by atoms with Crippen molar-refractivity contribution in [1.29, 1.82) is 0 Å². The first-order chi connectivity index (χ1) is 13.0. The van der Waals surface area contributed by atoms with Crippen LogP contribution >= 0.6 is 11.3 Å². The van der Waals surface area contributed by atoms with E-state index in [1.807, 2.05) is 13.8 Å². The largest absolute Gasteiger partial charge is 0.461 e. The van der Waals surface area contributed by atoms with Gasteiger partial charge in [0.25, 0.3) is 5.56 Å². The van der Waals surface area contributed by atoms with E-state index in [2.05, 4.69) is 10.3 Å². The number of hydrogen-bond donors (Lipinski definition) is 1. The zero-order chi connectivity index (χ0) is 21.1. The maximum Gasteiger partial charge on any atom is 0.417 e. The molecule has 0 aromatic carbocycles. The van der Waals surface area contributed by atoms with Crippen LogP contribution in [0.5, 0.6) is 0 Å². The second-order valence-electron chi connectivity index (χ2n) is 6.36. The number of thiazole rings is 1. The molecule has 28 heavy (non-hydrogen) atoms. The molecule has 2 aromatic rings. The van der Waals surface area contributed by atoms with Gasteiger partial charge in [-0.25, -0.2) is 9.78 Å². The van der Waals surface area contributed by atoms with Gasteiger partial charge in [0.15, 0.2) is 5.13 Å². The van der Waals surface area contributed by atoms with Gasteiger partial charge >= 0.3 is 12.1 Å². The number of esters is 1. The van der Waals surface area contributed by atoms with Gasteiger partial charge in [0.1, 0.15) is 11.4 Å². The van der Waals surface area contributed by atoms with Gasteiger partial charge in [-0.15, -0.1) is 0 Å². The molecule has 152 valence electrons. The molecule has 0 saturated heterocycles. The van der Waals surface area contributed by atoms with Gasteiger partial charge in [-0.2, -0.15) is 13.2 Å². The molecule has 0 saturated carbocycles. The number of carbonyl (C=O) groups is 2. The third-order valence-electron chi connectivity index (χ3n) is 3.40. The number of carbonyl (C=O) groups excluding carboxylic acids is 2. The van der Waals surface area contributed by atoms with E-state index in [9.17, 15) is 27.6 Å². The smallest absolute Gasteiger partial charge is 0.417 e. The molecule has 11 heteroatoms.